The van der Waals surface area contributed by atoms with Crippen molar-refractivity contribution >= 4 is 22.8 Å². The number of rotatable bonds is 5. The number of aromatic nitrogens is 1. The summed E-state index contributed by atoms with van der Waals surface area (Å²) in [6, 6.07) is 16.8. The number of carbonyl (C=O) groups is 2. The van der Waals surface area contributed by atoms with Crippen LogP contribution in [0.4, 0.5) is 0 Å². The number of para-hydroxylation sites is 1. The first-order chi connectivity index (χ1) is 12.1. The van der Waals surface area contributed by atoms with Gasteiger partial charge in [0.05, 0.1) is 12.7 Å². The molecule has 1 aromatic heterocycles. The summed E-state index contributed by atoms with van der Waals surface area (Å²) in [6.45, 7) is 2.28. The highest BCUT2D eigenvalue weighted by molar-refractivity contribution is 6.04. The van der Waals surface area contributed by atoms with Crippen LogP contribution in [0.1, 0.15) is 28.9 Å². The van der Waals surface area contributed by atoms with Crippen LogP contribution in [0.25, 0.3) is 10.9 Å². The molecule has 0 saturated carbocycles. The van der Waals surface area contributed by atoms with E-state index in [0.29, 0.717) is 12.1 Å². The lowest BCUT2D eigenvalue weighted by Crippen LogP contribution is -2.30. The standard InChI is InChI=1S/C20H20N2O3/c1-14(19(23)21-12-15-8-4-3-5-9-15)22-13-17(20(24)25-2)16-10-6-7-11-18(16)22/h3-11,13-14H,12H2,1-2H3,(H,21,23)/t14-/m1/s1. The van der Waals surface area contributed by atoms with Crippen LogP contribution in [0.3, 0.4) is 0 Å². The predicted molar refractivity (Wildman–Crippen MR) is 96.3 cm³/mol. The van der Waals surface area contributed by atoms with Gasteiger partial charge in [0.25, 0.3) is 0 Å². The molecule has 0 aliphatic rings. The molecule has 0 fully saturated rings. The zero-order valence-electron chi connectivity index (χ0n) is 14.2. The summed E-state index contributed by atoms with van der Waals surface area (Å²) < 4.78 is 6.66. The van der Waals surface area contributed by atoms with Crippen molar-refractivity contribution in [2.24, 2.45) is 0 Å². The van der Waals surface area contributed by atoms with Gasteiger partial charge < -0.3 is 14.6 Å². The van der Waals surface area contributed by atoms with E-state index in [1.807, 2.05) is 66.1 Å². The lowest BCUT2D eigenvalue weighted by molar-refractivity contribution is -0.123. The van der Waals surface area contributed by atoms with Crippen molar-refractivity contribution in [3.05, 3.63) is 71.9 Å². The molecule has 0 unspecified atom stereocenters. The molecule has 2 aromatic carbocycles. The Morgan fingerprint density at radius 3 is 2.48 bits per heavy atom. The number of esters is 1. The van der Waals surface area contributed by atoms with Gasteiger partial charge in [-0.25, -0.2) is 4.79 Å². The molecule has 1 N–H and O–H groups in total. The van der Waals surface area contributed by atoms with Gasteiger partial charge in [0.1, 0.15) is 6.04 Å². The average molecular weight is 336 g/mol. The fourth-order valence-corrected chi connectivity index (χ4v) is 2.86. The van der Waals surface area contributed by atoms with E-state index in [4.69, 9.17) is 4.74 Å². The van der Waals surface area contributed by atoms with Gasteiger partial charge in [-0.15, -0.1) is 0 Å². The molecule has 128 valence electrons. The maximum absolute atomic E-state index is 12.6. The van der Waals surface area contributed by atoms with E-state index in [1.165, 1.54) is 7.11 Å². The summed E-state index contributed by atoms with van der Waals surface area (Å²) in [5.74, 6) is -0.520. The first-order valence-electron chi connectivity index (χ1n) is 8.11. The SMILES string of the molecule is COC(=O)c1cn([C@H](C)C(=O)NCc2ccccc2)c2ccccc12. The lowest BCUT2D eigenvalue weighted by Gasteiger charge is -2.15. The molecule has 5 heteroatoms. The molecule has 0 aliphatic heterocycles. The maximum Gasteiger partial charge on any atom is 0.340 e. The number of hydrogen-bond donors (Lipinski definition) is 1. The van der Waals surface area contributed by atoms with E-state index in [2.05, 4.69) is 5.32 Å². The van der Waals surface area contributed by atoms with Crippen molar-refractivity contribution in [2.75, 3.05) is 7.11 Å². The van der Waals surface area contributed by atoms with Gasteiger partial charge in [-0.05, 0) is 18.6 Å². The van der Waals surface area contributed by atoms with E-state index in [-0.39, 0.29) is 5.91 Å². The number of hydrogen-bond acceptors (Lipinski definition) is 3. The Balaban J connectivity index is 1.85. The smallest absolute Gasteiger partial charge is 0.340 e. The predicted octanol–water partition coefficient (Wildman–Crippen LogP) is 3.31. The van der Waals surface area contributed by atoms with Crippen molar-refractivity contribution in [3.63, 3.8) is 0 Å². The third-order valence-corrected chi connectivity index (χ3v) is 4.25. The van der Waals surface area contributed by atoms with Gasteiger partial charge in [-0.3, -0.25) is 4.79 Å². The Hall–Kier alpha value is -3.08. The maximum atomic E-state index is 12.6. The molecule has 1 heterocycles. The fourth-order valence-electron chi connectivity index (χ4n) is 2.86. The minimum absolute atomic E-state index is 0.110. The van der Waals surface area contributed by atoms with Crippen molar-refractivity contribution in [3.8, 4) is 0 Å². The van der Waals surface area contributed by atoms with Crippen LogP contribution in [-0.2, 0) is 16.1 Å². The second-order valence-corrected chi connectivity index (χ2v) is 5.84. The van der Waals surface area contributed by atoms with Crippen LogP contribution < -0.4 is 5.32 Å². The minimum Gasteiger partial charge on any atom is -0.465 e. The van der Waals surface area contributed by atoms with Crippen LogP contribution in [-0.4, -0.2) is 23.6 Å². The van der Waals surface area contributed by atoms with E-state index in [0.717, 1.165) is 16.5 Å². The topological polar surface area (TPSA) is 60.3 Å². The number of nitrogens with one attached hydrogen (secondary N) is 1. The fraction of sp³-hybridized carbons (Fsp3) is 0.200. The van der Waals surface area contributed by atoms with E-state index in [1.54, 1.807) is 6.20 Å². The Morgan fingerprint density at radius 2 is 1.76 bits per heavy atom. The molecular formula is C20H20N2O3. The van der Waals surface area contributed by atoms with Gasteiger partial charge in [-0.1, -0.05) is 48.5 Å². The van der Waals surface area contributed by atoms with E-state index < -0.39 is 12.0 Å². The normalized spacial score (nSPS) is 11.9. The highest BCUT2D eigenvalue weighted by atomic mass is 16.5. The van der Waals surface area contributed by atoms with E-state index >= 15 is 0 Å². The molecule has 3 rings (SSSR count). The zero-order valence-corrected chi connectivity index (χ0v) is 14.2. The Kier molecular flexibility index (Phi) is 4.84. The number of benzene rings is 2. The summed E-state index contributed by atoms with van der Waals surface area (Å²) in [6.07, 6.45) is 1.68. The van der Waals surface area contributed by atoms with Crippen molar-refractivity contribution < 1.29 is 14.3 Å². The zero-order chi connectivity index (χ0) is 17.8. The van der Waals surface area contributed by atoms with Crippen LogP contribution in [0.5, 0.6) is 0 Å². The van der Waals surface area contributed by atoms with Gasteiger partial charge in [-0.2, -0.15) is 0 Å². The van der Waals surface area contributed by atoms with Gasteiger partial charge in [0, 0.05) is 23.6 Å². The molecule has 5 nitrogen and oxygen atoms in total. The van der Waals surface area contributed by atoms with Crippen LogP contribution in [0.2, 0.25) is 0 Å². The Bertz CT molecular complexity index is 900. The second-order valence-electron chi connectivity index (χ2n) is 5.84. The van der Waals surface area contributed by atoms with Crippen LogP contribution >= 0.6 is 0 Å². The van der Waals surface area contributed by atoms with Crippen molar-refractivity contribution in [1.29, 1.82) is 0 Å². The lowest BCUT2D eigenvalue weighted by atomic mass is 10.2. The number of carbonyl (C=O) groups excluding carboxylic acids is 2. The number of nitrogens with zero attached hydrogens (tertiary/aromatic N) is 1. The van der Waals surface area contributed by atoms with Gasteiger partial charge in [0.15, 0.2) is 0 Å². The van der Waals surface area contributed by atoms with Gasteiger partial charge in [0.2, 0.25) is 5.91 Å². The average Bonchev–Trinajstić information content (AvgIpc) is 3.05. The molecule has 1 atom stereocenters. The molecule has 1 amide bonds. The van der Waals surface area contributed by atoms with Gasteiger partial charge >= 0.3 is 5.97 Å². The third-order valence-electron chi connectivity index (χ3n) is 4.25. The molecule has 25 heavy (non-hydrogen) atoms. The number of methoxy groups -OCH3 is 1. The number of fused-ring (bicyclic) bond motifs is 1. The third kappa shape index (κ3) is 3.40. The van der Waals surface area contributed by atoms with Crippen LogP contribution in [0.15, 0.2) is 60.8 Å². The molecule has 0 spiro atoms. The number of amides is 1. The quantitative estimate of drug-likeness (QED) is 0.727. The largest absolute Gasteiger partial charge is 0.465 e. The molecule has 0 bridgehead atoms. The van der Waals surface area contributed by atoms with Crippen LogP contribution in [0, 0.1) is 0 Å². The first kappa shape index (κ1) is 16.8. The first-order valence-corrected chi connectivity index (χ1v) is 8.11. The minimum atomic E-state index is -0.452. The summed E-state index contributed by atoms with van der Waals surface area (Å²) in [5, 5.41) is 3.71. The molecule has 3 aromatic rings. The van der Waals surface area contributed by atoms with Crippen molar-refractivity contribution in [1.82, 2.24) is 9.88 Å². The summed E-state index contributed by atoms with van der Waals surface area (Å²) in [4.78, 5) is 24.6. The molecule has 0 saturated heterocycles. The molecular weight excluding hydrogens is 316 g/mol. The molecule has 0 aliphatic carbocycles. The molecule has 0 radical (unpaired) electrons. The Morgan fingerprint density at radius 1 is 1.08 bits per heavy atom. The second kappa shape index (κ2) is 7.21. The highest BCUT2D eigenvalue weighted by Crippen LogP contribution is 2.25. The Labute approximate surface area is 146 Å². The van der Waals surface area contributed by atoms with Crippen molar-refractivity contribution in [2.45, 2.75) is 19.5 Å². The van der Waals surface area contributed by atoms with E-state index in [9.17, 15) is 9.59 Å². The highest BCUT2D eigenvalue weighted by Gasteiger charge is 2.21. The summed E-state index contributed by atoms with van der Waals surface area (Å²) in [7, 11) is 1.35. The monoisotopic (exact) mass is 336 g/mol. The summed E-state index contributed by atoms with van der Waals surface area (Å²) >= 11 is 0. The number of ether oxygens (including phenoxy) is 1. The summed E-state index contributed by atoms with van der Waals surface area (Å²) in [5.41, 5.74) is 2.32.